The number of amides is 1. The van der Waals surface area contributed by atoms with Gasteiger partial charge >= 0.3 is 0 Å². The van der Waals surface area contributed by atoms with Gasteiger partial charge in [0.1, 0.15) is 5.75 Å². The molecule has 1 saturated carbocycles. The molecule has 0 heterocycles. The van der Waals surface area contributed by atoms with Crippen molar-refractivity contribution in [3.63, 3.8) is 0 Å². The van der Waals surface area contributed by atoms with Crippen LogP contribution in [0.5, 0.6) is 5.75 Å². The Morgan fingerprint density at radius 2 is 1.96 bits per heavy atom. The second-order valence-electron chi connectivity index (χ2n) is 5.78. The van der Waals surface area contributed by atoms with E-state index in [9.17, 15) is 4.79 Å². The molecule has 6 heteroatoms. The zero-order valence-electron chi connectivity index (χ0n) is 14.5. The van der Waals surface area contributed by atoms with E-state index in [2.05, 4.69) is 17.4 Å². The van der Waals surface area contributed by atoms with Crippen LogP contribution in [0.4, 0.5) is 0 Å². The van der Waals surface area contributed by atoms with E-state index >= 15 is 0 Å². The molecule has 1 aliphatic carbocycles. The van der Waals surface area contributed by atoms with E-state index in [1.807, 2.05) is 23.9 Å². The van der Waals surface area contributed by atoms with Crippen LogP contribution in [0.1, 0.15) is 25.7 Å². The summed E-state index contributed by atoms with van der Waals surface area (Å²) in [7, 11) is 3.36. The summed E-state index contributed by atoms with van der Waals surface area (Å²) in [4.78, 5) is 13.1. The Kier molecular flexibility index (Phi) is 8.84. The lowest BCUT2D eigenvalue weighted by molar-refractivity contribution is -0.118. The Morgan fingerprint density at radius 3 is 2.71 bits per heavy atom. The molecule has 134 valence electrons. The molecule has 24 heavy (non-hydrogen) atoms. The number of methoxy groups -OCH3 is 2. The molecule has 1 N–H and O–H groups in total. The van der Waals surface area contributed by atoms with Gasteiger partial charge in [-0.05, 0) is 25.0 Å². The van der Waals surface area contributed by atoms with Crippen molar-refractivity contribution < 1.29 is 14.3 Å². The average Bonchev–Trinajstić information content (AvgIpc) is 2.61. The van der Waals surface area contributed by atoms with Crippen LogP contribution < -0.4 is 10.1 Å². The summed E-state index contributed by atoms with van der Waals surface area (Å²) in [6, 6.07) is 8.19. The van der Waals surface area contributed by atoms with E-state index in [4.69, 9.17) is 9.47 Å². The van der Waals surface area contributed by atoms with Crippen LogP contribution in [-0.4, -0.2) is 49.5 Å². The number of para-hydroxylation sites is 1. The first kappa shape index (κ1) is 19.5. The van der Waals surface area contributed by atoms with E-state index < -0.39 is 0 Å². The number of thioether (sulfide) groups is 2. The molecule has 0 bridgehead atoms. The molecule has 0 aromatic heterocycles. The Morgan fingerprint density at radius 1 is 1.21 bits per heavy atom. The smallest absolute Gasteiger partial charge is 0.230 e. The van der Waals surface area contributed by atoms with E-state index in [1.54, 1.807) is 26.0 Å². The van der Waals surface area contributed by atoms with Crippen LogP contribution >= 0.6 is 23.5 Å². The SMILES string of the molecule is COCCNC(=O)CS[C@@H]1CCCC[C@H]1Sc1ccccc1OC. The number of benzene rings is 1. The van der Waals surface area contributed by atoms with Gasteiger partial charge in [-0.3, -0.25) is 4.79 Å². The molecule has 1 aromatic carbocycles. The lowest BCUT2D eigenvalue weighted by Gasteiger charge is -2.30. The van der Waals surface area contributed by atoms with Gasteiger partial charge in [0.25, 0.3) is 0 Å². The van der Waals surface area contributed by atoms with E-state index in [0.29, 0.717) is 29.4 Å². The Hall–Kier alpha value is -0.850. The molecular formula is C18H27NO3S2. The molecule has 1 aliphatic rings. The number of hydrogen-bond donors (Lipinski definition) is 1. The second-order valence-corrected chi connectivity index (χ2v) is 8.29. The predicted octanol–water partition coefficient (Wildman–Crippen LogP) is 3.59. The van der Waals surface area contributed by atoms with Gasteiger partial charge in [-0.2, -0.15) is 0 Å². The fourth-order valence-corrected chi connectivity index (χ4v) is 5.67. The summed E-state index contributed by atoms with van der Waals surface area (Å²) in [5, 5.41) is 3.94. The Bertz CT molecular complexity index is 513. The number of ether oxygens (including phenoxy) is 2. The van der Waals surface area contributed by atoms with Crippen LogP contribution in [0.2, 0.25) is 0 Å². The van der Waals surface area contributed by atoms with Gasteiger partial charge in [0.05, 0.1) is 19.5 Å². The highest BCUT2D eigenvalue weighted by Gasteiger charge is 2.27. The number of nitrogens with one attached hydrogen (secondary N) is 1. The second kappa shape index (κ2) is 10.9. The van der Waals surface area contributed by atoms with Crippen LogP contribution in [-0.2, 0) is 9.53 Å². The monoisotopic (exact) mass is 369 g/mol. The minimum Gasteiger partial charge on any atom is -0.496 e. The van der Waals surface area contributed by atoms with Gasteiger partial charge in [0.15, 0.2) is 0 Å². The molecule has 1 amide bonds. The first-order valence-electron chi connectivity index (χ1n) is 8.41. The highest BCUT2D eigenvalue weighted by Crippen LogP contribution is 2.42. The molecule has 2 atom stereocenters. The van der Waals surface area contributed by atoms with E-state index in [1.165, 1.54) is 30.6 Å². The molecule has 0 aliphatic heterocycles. The Labute approximate surface area is 153 Å². The van der Waals surface area contributed by atoms with Gasteiger partial charge in [0, 0.05) is 29.0 Å². The summed E-state index contributed by atoms with van der Waals surface area (Å²) in [6.07, 6.45) is 4.91. The van der Waals surface area contributed by atoms with Gasteiger partial charge < -0.3 is 14.8 Å². The van der Waals surface area contributed by atoms with Gasteiger partial charge in [0.2, 0.25) is 5.91 Å². The normalized spacial score (nSPS) is 20.6. The summed E-state index contributed by atoms with van der Waals surface area (Å²) < 4.78 is 10.4. The summed E-state index contributed by atoms with van der Waals surface area (Å²) in [6.45, 7) is 1.14. The summed E-state index contributed by atoms with van der Waals surface area (Å²) >= 11 is 3.69. The third-order valence-electron chi connectivity index (χ3n) is 4.05. The predicted molar refractivity (Wildman–Crippen MR) is 102 cm³/mol. The Balaban J connectivity index is 1.87. The summed E-state index contributed by atoms with van der Waals surface area (Å²) in [5.41, 5.74) is 0. The maximum Gasteiger partial charge on any atom is 0.230 e. The van der Waals surface area contributed by atoms with Crippen molar-refractivity contribution in [3.05, 3.63) is 24.3 Å². The minimum absolute atomic E-state index is 0.101. The fraction of sp³-hybridized carbons (Fsp3) is 0.611. The third-order valence-corrected chi connectivity index (χ3v) is 7.10. The quantitative estimate of drug-likeness (QED) is 0.674. The van der Waals surface area contributed by atoms with Gasteiger partial charge in [-0.1, -0.05) is 25.0 Å². The topological polar surface area (TPSA) is 47.6 Å². The van der Waals surface area contributed by atoms with E-state index in [-0.39, 0.29) is 5.91 Å². The largest absolute Gasteiger partial charge is 0.496 e. The lowest BCUT2D eigenvalue weighted by atomic mass is 10.00. The zero-order valence-corrected chi connectivity index (χ0v) is 16.1. The van der Waals surface area contributed by atoms with Crippen molar-refractivity contribution >= 4 is 29.4 Å². The van der Waals surface area contributed by atoms with Crippen molar-refractivity contribution in [2.75, 3.05) is 33.1 Å². The highest BCUT2D eigenvalue weighted by atomic mass is 32.2. The van der Waals surface area contributed by atoms with Crippen LogP contribution in [0.3, 0.4) is 0 Å². The highest BCUT2D eigenvalue weighted by molar-refractivity contribution is 8.04. The maximum atomic E-state index is 11.9. The van der Waals surface area contributed by atoms with Crippen molar-refractivity contribution in [2.24, 2.45) is 0 Å². The number of rotatable bonds is 9. The molecule has 1 fully saturated rings. The maximum absolute atomic E-state index is 11.9. The minimum atomic E-state index is 0.101. The van der Waals surface area contributed by atoms with Crippen LogP contribution in [0.15, 0.2) is 29.2 Å². The molecule has 4 nitrogen and oxygen atoms in total. The molecule has 1 aromatic rings. The van der Waals surface area contributed by atoms with Crippen molar-refractivity contribution in [1.29, 1.82) is 0 Å². The lowest BCUT2D eigenvalue weighted by Crippen LogP contribution is -2.31. The number of hydrogen-bond acceptors (Lipinski definition) is 5. The third kappa shape index (κ3) is 6.22. The van der Waals surface area contributed by atoms with Crippen molar-refractivity contribution in [1.82, 2.24) is 5.32 Å². The fourth-order valence-electron chi connectivity index (χ4n) is 2.79. The van der Waals surface area contributed by atoms with E-state index in [0.717, 1.165) is 5.75 Å². The molecule has 2 rings (SSSR count). The standard InChI is InChI=1S/C18H27NO3S2/c1-21-12-11-19-18(20)13-23-16-9-5-6-10-17(16)24-15-8-4-3-7-14(15)22-2/h3-4,7-8,16-17H,5-6,9-13H2,1-2H3,(H,19,20)/t16-,17-/m1/s1. The van der Waals surface area contributed by atoms with Gasteiger partial charge in [-0.25, -0.2) is 0 Å². The molecule has 0 saturated heterocycles. The molecule has 0 spiro atoms. The van der Waals surface area contributed by atoms with Gasteiger partial charge in [-0.15, -0.1) is 23.5 Å². The molecule has 0 unspecified atom stereocenters. The average molecular weight is 370 g/mol. The van der Waals surface area contributed by atoms with Crippen molar-refractivity contribution in [2.45, 2.75) is 41.1 Å². The number of carbonyl (C=O) groups excluding carboxylic acids is 1. The zero-order chi connectivity index (χ0) is 17.2. The first-order valence-corrected chi connectivity index (χ1v) is 10.3. The first-order chi connectivity index (χ1) is 11.7. The van der Waals surface area contributed by atoms with Crippen molar-refractivity contribution in [3.8, 4) is 5.75 Å². The van der Waals surface area contributed by atoms with Crippen LogP contribution in [0.25, 0.3) is 0 Å². The van der Waals surface area contributed by atoms with Crippen LogP contribution in [0, 0.1) is 0 Å². The molecule has 0 radical (unpaired) electrons. The summed E-state index contributed by atoms with van der Waals surface area (Å²) in [5.74, 6) is 1.56. The number of carbonyl (C=O) groups is 1. The molecular weight excluding hydrogens is 342 g/mol.